The molecule has 3 saturated carbocycles. The lowest BCUT2D eigenvalue weighted by Crippen LogP contribution is -2.65. The topological polar surface area (TPSA) is 79.9 Å². The van der Waals surface area contributed by atoms with Crippen LogP contribution in [-0.4, -0.2) is 60.4 Å². The van der Waals surface area contributed by atoms with Crippen molar-refractivity contribution in [2.75, 3.05) is 18.9 Å². The van der Waals surface area contributed by atoms with Gasteiger partial charge in [0.15, 0.2) is 6.29 Å². The second-order valence-corrected chi connectivity index (χ2v) is 11.1. The molecule has 2 unspecified atom stereocenters. The van der Waals surface area contributed by atoms with E-state index in [9.17, 15) is 9.59 Å². The molecule has 2 bridgehead atoms. The van der Waals surface area contributed by atoms with Gasteiger partial charge in [0.2, 0.25) is 5.91 Å². The Labute approximate surface area is 196 Å². The van der Waals surface area contributed by atoms with E-state index < -0.39 is 12.3 Å². The number of carbonyl (C=O) groups is 2. The van der Waals surface area contributed by atoms with Crippen molar-refractivity contribution in [3.8, 4) is 0 Å². The van der Waals surface area contributed by atoms with Gasteiger partial charge in [-0.05, 0) is 81.0 Å². The van der Waals surface area contributed by atoms with Gasteiger partial charge >= 0.3 is 0 Å². The van der Waals surface area contributed by atoms with Crippen LogP contribution in [0.3, 0.4) is 0 Å². The summed E-state index contributed by atoms with van der Waals surface area (Å²) in [5, 5.41) is 5.91. The molecular weight excluding hydrogens is 418 g/mol. The number of carbonyl (C=O) groups excluding carboxylic acids is 2. The van der Waals surface area contributed by atoms with Gasteiger partial charge in [-0.1, -0.05) is 13.8 Å². The predicted octanol–water partition coefficient (Wildman–Crippen LogP) is 3.40. The molecular formula is C26H37N3O4. The Kier molecular flexibility index (Phi) is 5.48. The quantitative estimate of drug-likeness (QED) is 0.711. The van der Waals surface area contributed by atoms with Crippen molar-refractivity contribution in [2.24, 2.45) is 17.3 Å². The maximum Gasteiger partial charge on any atom is 0.251 e. The Morgan fingerprint density at radius 1 is 1.15 bits per heavy atom. The number of nitrogens with one attached hydrogen (secondary N) is 2. The Bertz CT molecular complexity index is 932. The van der Waals surface area contributed by atoms with Crippen molar-refractivity contribution < 1.29 is 19.1 Å². The third kappa shape index (κ3) is 3.55. The van der Waals surface area contributed by atoms with Crippen LogP contribution in [-0.2, 0) is 14.3 Å². The van der Waals surface area contributed by atoms with Crippen LogP contribution < -0.4 is 10.6 Å². The predicted molar refractivity (Wildman–Crippen MR) is 126 cm³/mol. The molecule has 2 N–H and O–H groups in total. The summed E-state index contributed by atoms with van der Waals surface area (Å²) < 4.78 is 13.1. The summed E-state index contributed by atoms with van der Waals surface area (Å²) in [6.07, 6.45) is 3.75. The molecule has 5 aliphatic rings. The zero-order chi connectivity index (χ0) is 23.5. The van der Waals surface area contributed by atoms with Crippen molar-refractivity contribution in [3.05, 3.63) is 29.8 Å². The maximum absolute atomic E-state index is 13.3. The first-order valence-electron chi connectivity index (χ1n) is 12.4. The molecule has 2 aliphatic heterocycles. The van der Waals surface area contributed by atoms with E-state index in [4.69, 9.17) is 9.47 Å². The summed E-state index contributed by atoms with van der Waals surface area (Å²) in [6, 6.07) is 6.48. The lowest BCUT2D eigenvalue weighted by atomic mass is 9.43. The smallest absolute Gasteiger partial charge is 0.251 e. The van der Waals surface area contributed by atoms with Gasteiger partial charge in [0.25, 0.3) is 5.91 Å². The molecule has 7 nitrogen and oxygen atoms in total. The van der Waals surface area contributed by atoms with Crippen LogP contribution in [0, 0.1) is 17.3 Å². The van der Waals surface area contributed by atoms with E-state index in [1.807, 2.05) is 24.1 Å². The molecule has 5 fully saturated rings. The van der Waals surface area contributed by atoms with E-state index in [1.54, 1.807) is 19.1 Å². The number of nitrogens with zero attached hydrogens (tertiary/aromatic N) is 1. The molecule has 1 aromatic rings. The first-order chi connectivity index (χ1) is 15.6. The largest absolute Gasteiger partial charge is 0.388 e. The number of ether oxygens (including phenoxy) is 2. The summed E-state index contributed by atoms with van der Waals surface area (Å²) in [7, 11) is 1.83. The summed E-state index contributed by atoms with van der Waals surface area (Å²) >= 11 is 0. The maximum atomic E-state index is 13.3. The molecule has 2 heterocycles. The number of benzene rings is 1. The Morgan fingerprint density at radius 2 is 1.88 bits per heavy atom. The second kappa shape index (κ2) is 7.98. The standard InChI is InChI=1S/C26H37N3O4/c1-15(28-22(30)16-8-10-18(27-5)11-9-16)23(31)29-12-6-7-19(29)24-32-21-14-17-13-20(25(17,2)3)26(21,4)33-24/h8-11,15,17,19-21,24,27H,6-7,12-14H2,1-5H3,(H,28,30)/t15-,17+,19+,20+,21?,24?,26+/m1/s1. The third-order valence-corrected chi connectivity index (χ3v) is 9.02. The summed E-state index contributed by atoms with van der Waals surface area (Å²) in [6.45, 7) is 9.34. The van der Waals surface area contributed by atoms with Crippen molar-refractivity contribution in [2.45, 2.75) is 83.5 Å². The van der Waals surface area contributed by atoms with E-state index in [0.29, 0.717) is 29.4 Å². The molecule has 0 aromatic heterocycles. The summed E-state index contributed by atoms with van der Waals surface area (Å²) in [5.74, 6) is 0.871. The summed E-state index contributed by atoms with van der Waals surface area (Å²) in [5.41, 5.74) is 1.48. The van der Waals surface area contributed by atoms with Crippen LogP contribution in [0.2, 0.25) is 0 Å². The summed E-state index contributed by atoms with van der Waals surface area (Å²) in [4.78, 5) is 27.9. The van der Waals surface area contributed by atoms with E-state index >= 15 is 0 Å². The number of hydrogen-bond donors (Lipinski definition) is 2. The van der Waals surface area contributed by atoms with Crippen molar-refractivity contribution in [1.82, 2.24) is 10.2 Å². The average molecular weight is 456 g/mol. The molecule has 33 heavy (non-hydrogen) atoms. The number of amides is 2. The van der Waals surface area contributed by atoms with Gasteiger partial charge in [0.05, 0.1) is 17.7 Å². The lowest BCUT2D eigenvalue weighted by molar-refractivity contribution is -0.212. The Hall–Kier alpha value is -2.12. The van der Waals surface area contributed by atoms with Gasteiger partial charge in [-0.15, -0.1) is 0 Å². The van der Waals surface area contributed by atoms with E-state index in [0.717, 1.165) is 24.9 Å². The fourth-order valence-electron chi connectivity index (χ4n) is 6.79. The lowest BCUT2D eigenvalue weighted by Gasteiger charge is -2.63. The molecule has 0 radical (unpaired) electrons. The van der Waals surface area contributed by atoms with Crippen LogP contribution >= 0.6 is 0 Å². The molecule has 3 aliphatic carbocycles. The van der Waals surface area contributed by atoms with Crippen LogP contribution in [0.15, 0.2) is 24.3 Å². The molecule has 7 heteroatoms. The van der Waals surface area contributed by atoms with Crippen LogP contribution in [0.5, 0.6) is 0 Å². The van der Waals surface area contributed by atoms with Gasteiger partial charge in [-0.3, -0.25) is 9.59 Å². The highest BCUT2D eigenvalue weighted by atomic mass is 16.7. The fourth-order valence-corrected chi connectivity index (χ4v) is 6.79. The van der Waals surface area contributed by atoms with Crippen LogP contribution in [0.25, 0.3) is 0 Å². The zero-order valence-electron chi connectivity index (χ0n) is 20.4. The second-order valence-electron chi connectivity index (χ2n) is 11.1. The molecule has 1 aromatic carbocycles. The molecule has 180 valence electrons. The SMILES string of the molecule is CNc1ccc(C(=O)N[C@H](C)C(=O)N2CCC[C@H]2C2OC3C[C@@H]4C[C@@H](C4(C)C)[C@]3(C)O2)cc1. The third-order valence-electron chi connectivity index (χ3n) is 9.02. The zero-order valence-corrected chi connectivity index (χ0v) is 20.4. The molecule has 6 rings (SSSR count). The first kappa shape index (κ1) is 22.7. The van der Waals surface area contributed by atoms with Crippen LogP contribution in [0.4, 0.5) is 5.69 Å². The number of hydrogen-bond acceptors (Lipinski definition) is 5. The minimum absolute atomic E-state index is 0.0745. The van der Waals surface area contributed by atoms with Gasteiger partial charge in [-0.2, -0.15) is 0 Å². The number of rotatable bonds is 5. The number of anilines is 1. The molecule has 2 saturated heterocycles. The molecule has 7 atom stereocenters. The minimum Gasteiger partial charge on any atom is -0.388 e. The van der Waals surface area contributed by atoms with Gasteiger partial charge < -0.3 is 25.0 Å². The highest BCUT2D eigenvalue weighted by Gasteiger charge is 2.68. The highest BCUT2D eigenvalue weighted by Crippen LogP contribution is 2.66. The fraction of sp³-hybridized carbons (Fsp3) is 0.692. The van der Waals surface area contributed by atoms with Gasteiger partial charge in [-0.25, -0.2) is 0 Å². The Balaban J connectivity index is 1.24. The van der Waals surface area contributed by atoms with E-state index in [-0.39, 0.29) is 29.6 Å². The molecule has 2 amide bonds. The monoisotopic (exact) mass is 455 g/mol. The average Bonchev–Trinajstić information content (AvgIpc) is 3.42. The first-order valence-corrected chi connectivity index (χ1v) is 12.4. The van der Waals surface area contributed by atoms with E-state index in [1.165, 1.54) is 6.42 Å². The Morgan fingerprint density at radius 3 is 2.55 bits per heavy atom. The van der Waals surface area contributed by atoms with Crippen molar-refractivity contribution in [1.29, 1.82) is 0 Å². The van der Waals surface area contributed by atoms with Crippen molar-refractivity contribution >= 4 is 17.5 Å². The van der Waals surface area contributed by atoms with Crippen molar-refractivity contribution in [3.63, 3.8) is 0 Å². The molecule has 0 spiro atoms. The normalized spacial score (nSPS) is 37.1. The van der Waals surface area contributed by atoms with Gasteiger partial charge in [0.1, 0.15) is 6.04 Å². The van der Waals surface area contributed by atoms with E-state index in [2.05, 4.69) is 31.4 Å². The van der Waals surface area contributed by atoms with Crippen LogP contribution in [0.1, 0.15) is 63.7 Å². The van der Waals surface area contributed by atoms with Gasteiger partial charge in [0, 0.05) is 24.8 Å². The minimum atomic E-state index is -0.618. The number of likely N-dealkylation sites (tertiary alicyclic amines) is 1. The highest BCUT2D eigenvalue weighted by molar-refractivity contribution is 5.97.